The van der Waals surface area contributed by atoms with Crippen molar-refractivity contribution in [3.8, 4) is 0 Å². The summed E-state index contributed by atoms with van der Waals surface area (Å²) in [7, 11) is 0. The number of thioether (sulfide) groups is 1. The lowest BCUT2D eigenvalue weighted by Crippen LogP contribution is -2.19. The first-order chi connectivity index (χ1) is 12.8. The molecule has 4 heteroatoms. The SMILES string of the molecule is O=C(CSCc1ccccc1)N/N=C\c1ccc2c3c(cccc13)CC2. The molecule has 1 aliphatic carbocycles. The van der Waals surface area contributed by atoms with Gasteiger partial charge in [-0.15, -0.1) is 11.8 Å². The van der Waals surface area contributed by atoms with Crippen molar-refractivity contribution in [3.05, 3.63) is 82.9 Å². The van der Waals surface area contributed by atoms with Crippen LogP contribution in [-0.4, -0.2) is 17.9 Å². The van der Waals surface area contributed by atoms with Gasteiger partial charge in [-0.2, -0.15) is 5.10 Å². The standard InChI is InChI=1S/C22H20N2OS/c25-21(15-26-14-16-5-2-1-3-6-16)24-23-13-19-12-11-18-10-9-17-7-4-8-20(19)22(17)18/h1-8,11-13H,9-10,14-15H2,(H,24,25)/b23-13-. The molecule has 26 heavy (non-hydrogen) atoms. The number of amides is 1. The van der Waals surface area contributed by atoms with Gasteiger partial charge in [0, 0.05) is 11.3 Å². The summed E-state index contributed by atoms with van der Waals surface area (Å²) in [6, 6.07) is 20.9. The average molecular weight is 360 g/mol. The minimum Gasteiger partial charge on any atom is -0.272 e. The maximum Gasteiger partial charge on any atom is 0.250 e. The summed E-state index contributed by atoms with van der Waals surface area (Å²) in [5, 5.41) is 6.74. The third-order valence-corrected chi connectivity index (χ3v) is 5.65. The van der Waals surface area contributed by atoms with Crippen molar-refractivity contribution in [2.75, 3.05) is 5.75 Å². The van der Waals surface area contributed by atoms with E-state index < -0.39 is 0 Å². The van der Waals surface area contributed by atoms with E-state index in [4.69, 9.17) is 0 Å². The molecule has 0 heterocycles. The van der Waals surface area contributed by atoms with E-state index in [0.717, 1.165) is 24.2 Å². The monoisotopic (exact) mass is 360 g/mol. The Morgan fingerprint density at radius 2 is 1.81 bits per heavy atom. The largest absolute Gasteiger partial charge is 0.272 e. The third kappa shape index (κ3) is 3.65. The lowest BCUT2D eigenvalue weighted by Gasteiger charge is -2.05. The van der Waals surface area contributed by atoms with Gasteiger partial charge in [0.2, 0.25) is 5.91 Å². The van der Waals surface area contributed by atoms with Crippen molar-refractivity contribution < 1.29 is 4.79 Å². The van der Waals surface area contributed by atoms with E-state index in [-0.39, 0.29) is 5.91 Å². The molecule has 0 radical (unpaired) electrons. The van der Waals surface area contributed by atoms with Crippen molar-refractivity contribution in [2.45, 2.75) is 18.6 Å². The summed E-state index contributed by atoms with van der Waals surface area (Å²) in [4.78, 5) is 12.0. The maximum absolute atomic E-state index is 12.0. The highest BCUT2D eigenvalue weighted by molar-refractivity contribution is 7.99. The Morgan fingerprint density at radius 1 is 1.00 bits per heavy atom. The van der Waals surface area contributed by atoms with E-state index in [0.29, 0.717) is 5.75 Å². The highest BCUT2D eigenvalue weighted by Gasteiger charge is 2.14. The molecule has 0 aromatic heterocycles. The molecule has 1 amide bonds. The first-order valence-electron chi connectivity index (χ1n) is 8.78. The van der Waals surface area contributed by atoms with Crippen LogP contribution >= 0.6 is 11.8 Å². The number of benzene rings is 3. The molecule has 0 saturated heterocycles. The zero-order valence-corrected chi connectivity index (χ0v) is 15.3. The zero-order chi connectivity index (χ0) is 17.8. The second-order valence-corrected chi connectivity index (χ2v) is 7.41. The van der Waals surface area contributed by atoms with Crippen LogP contribution in [0.15, 0.2) is 65.8 Å². The molecule has 130 valence electrons. The van der Waals surface area contributed by atoms with Gasteiger partial charge in [-0.1, -0.05) is 60.7 Å². The van der Waals surface area contributed by atoms with Gasteiger partial charge in [0.25, 0.3) is 0 Å². The van der Waals surface area contributed by atoms with E-state index in [2.05, 4.69) is 53.0 Å². The predicted molar refractivity (Wildman–Crippen MR) is 110 cm³/mol. The Kier molecular flexibility index (Phi) is 5.02. The van der Waals surface area contributed by atoms with Gasteiger partial charge in [0.1, 0.15) is 0 Å². The Balaban J connectivity index is 1.36. The first kappa shape index (κ1) is 16.9. The van der Waals surface area contributed by atoms with Crippen LogP contribution in [0.5, 0.6) is 0 Å². The van der Waals surface area contributed by atoms with Crippen molar-refractivity contribution in [2.24, 2.45) is 5.10 Å². The van der Waals surface area contributed by atoms with Crippen LogP contribution in [0.3, 0.4) is 0 Å². The minimum atomic E-state index is -0.0758. The second-order valence-electron chi connectivity index (χ2n) is 6.43. The fourth-order valence-corrected chi connectivity index (χ4v) is 4.20. The predicted octanol–water partition coefficient (Wildman–Crippen LogP) is 4.32. The van der Waals surface area contributed by atoms with Gasteiger partial charge in [-0.25, -0.2) is 5.43 Å². The number of aryl methyl sites for hydroxylation is 2. The maximum atomic E-state index is 12.0. The quantitative estimate of drug-likeness (QED) is 0.525. The third-order valence-electron chi connectivity index (χ3n) is 4.65. The smallest absolute Gasteiger partial charge is 0.250 e. The molecule has 0 bridgehead atoms. The number of hydrazone groups is 1. The average Bonchev–Trinajstić information content (AvgIpc) is 3.09. The minimum absolute atomic E-state index is 0.0758. The van der Waals surface area contributed by atoms with Crippen LogP contribution in [0.1, 0.15) is 22.3 Å². The van der Waals surface area contributed by atoms with Crippen molar-refractivity contribution in [1.82, 2.24) is 5.43 Å². The van der Waals surface area contributed by atoms with Gasteiger partial charge >= 0.3 is 0 Å². The van der Waals surface area contributed by atoms with E-state index in [1.807, 2.05) is 18.2 Å². The molecule has 0 atom stereocenters. The molecule has 0 spiro atoms. The molecule has 0 aliphatic heterocycles. The van der Waals surface area contributed by atoms with Crippen LogP contribution < -0.4 is 5.43 Å². The summed E-state index contributed by atoms with van der Waals surface area (Å²) < 4.78 is 0. The zero-order valence-electron chi connectivity index (χ0n) is 14.4. The summed E-state index contributed by atoms with van der Waals surface area (Å²) in [6.07, 6.45) is 3.98. The second kappa shape index (κ2) is 7.75. The number of hydrogen-bond donors (Lipinski definition) is 1. The molecule has 1 N–H and O–H groups in total. The molecule has 0 saturated carbocycles. The number of nitrogens with one attached hydrogen (secondary N) is 1. The van der Waals surface area contributed by atoms with Crippen LogP contribution in [0.25, 0.3) is 10.8 Å². The highest BCUT2D eigenvalue weighted by Crippen LogP contribution is 2.32. The molecular weight excluding hydrogens is 340 g/mol. The van der Waals surface area contributed by atoms with E-state index in [1.165, 1.54) is 27.5 Å². The fraction of sp³-hybridized carbons (Fsp3) is 0.182. The number of carbonyl (C=O) groups is 1. The molecular formula is C22H20N2OS. The van der Waals surface area contributed by atoms with Crippen LogP contribution in [0, 0.1) is 0 Å². The van der Waals surface area contributed by atoms with E-state index >= 15 is 0 Å². The molecule has 4 rings (SSSR count). The Hall–Kier alpha value is -2.59. The fourth-order valence-electron chi connectivity index (χ4n) is 3.42. The summed E-state index contributed by atoms with van der Waals surface area (Å²) in [5.41, 5.74) is 7.73. The first-order valence-corrected chi connectivity index (χ1v) is 9.94. The van der Waals surface area contributed by atoms with Gasteiger partial charge < -0.3 is 0 Å². The number of carbonyl (C=O) groups excluding carboxylic acids is 1. The van der Waals surface area contributed by atoms with Crippen LogP contribution in [0.4, 0.5) is 0 Å². The molecule has 0 fully saturated rings. The van der Waals surface area contributed by atoms with Gasteiger partial charge in [0.15, 0.2) is 0 Å². The Labute approximate surface area is 157 Å². The van der Waals surface area contributed by atoms with Gasteiger partial charge in [-0.05, 0) is 40.3 Å². The summed E-state index contributed by atoms with van der Waals surface area (Å²) in [6.45, 7) is 0. The Morgan fingerprint density at radius 3 is 2.65 bits per heavy atom. The molecule has 1 aliphatic rings. The van der Waals surface area contributed by atoms with Crippen molar-refractivity contribution in [3.63, 3.8) is 0 Å². The topological polar surface area (TPSA) is 41.5 Å². The summed E-state index contributed by atoms with van der Waals surface area (Å²) in [5.74, 6) is 1.15. The van der Waals surface area contributed by atoms with Crippen LogP contribution in [-0.2, 0) is 23.4 Å². The van der Waals surface area contributed by atoms with Gasteiger partial charge in [-0.3, -0.25) is 4.79 Å². The van der Waals surface area contributed by atoms with Crippen molar-refractivity contribution >= 4 is 34.7 Å². The molecule has 0 unspecified atom stereocenters. The summed E-state index contributed by atoms with van der Waals surface area (Å²) >= 11 is 1.59. The molecule has 3 aromatic rings. The van der Waals surface area contributed by atoms with Gasteiger partial charge in [0.05, 0.1) is 12.0 Å². The lowest BCUT2D eigenvalue weighted by molar-refractivity contribution is -0.118. The van der Waals surface area contributed by atoms with E-state index in [1.54, 1.807) is 18.0 Å². The highest BCUT2D eigenvalue weighted by atomic mass is 32.2. The number of rotatable bonds is 6. The number of hydrogen-bond acceptors (Lipinski definition) is 3. The Bertz CT molecular complexity index is 956. The molecule has 3 nitrogen and oxygen atoms in total. The van der Waals surface area contributed by atoms with Crippen molar-refractivity contribution in [1.29, 1.82) is 0 Å². The molecule has 3 aromatic carbocycles. The number of nitrogens with zero attached hydrogens (tertiary/aromatic N) is 1. The van der Waals surface area contributed by atoms with Crippen LogP contribution in [0.2, 0.25) is 0 Å². The normalized spacial score (nSPS) is 12.8. The lowest BCUT2D eigenvalue weighted by atomic mass is 10.0. The van der Waals surface area contributed by atoms with E-state index in [9.17, 15) is 4.79 Å².